The van der Waals surface area contributed by atoms with Crippen molar-refractivity contribution in [2.45, 2.75) is 0 Å². The van der Waals surface area contributed by atoms with Crippen LogP contribution in [0.25, 0.3) is 0 Å². The molecular formula is C4H11O3P2+. The van der Waals surface area contributed by atoms with Gasteiger partial charge >= 0.3 is 8.03 Å². The molecule has 9 heavy (non-hydrogen) atoms. The van der Waals surface area contributed by atoms with Crippen LogP contribution < -0.4 is 0 Å². The van der Waals surface area contributed by atoms with Gasteiger partial charge in [0.1, 0.15) is 0 Å². The van der Waals surface area contributed by atoms with Gasteiger partial charge in [-0.05, 0) is 17.9 Å². The Morgan fingerprint density at radius 3 is 2.11 bits per heavy atom. The van der Waals surface area contributed by atoms with Crippen molar-refractivity contribution in [2.75, 3.05) is 25.7 Å². The zero-order valence-electron chi connectivity index (χ0n) is 5.57. The Kier molecular flexibility index (Phi) is 3.57. The maximum atomic E-state index is 10.9. The van der Waals surface area contributed by atoms with E-state index in [0.717, 1.165) is 0 Å². The molecule has 0 aromatic carbocycles. The normalized spacial score (nSPS) is 13.4. The van der Waals surface area contributed by atoms with Gasteiger partial charge in [0.25, 0.3) is 0 Å². The van der Waals surface area contributed by atoms with E-state index in [-0.39, 0.29) is 6.16 Å². The summed E-state index contributed by atoms with van der Waals surface area (Å²) in [4.78, 5) is 8.30. The van der Waals surface area contributed by atoms with Gasteiger partial charge in [0.15, 0.2) is 6.16 Å². The highest BCUT2D eigenvalue weighted by atomic mass is 31.2. The molecule has 0 heterocycles. The third-order valence-corrected chi connectivity index (χ3v) is 3.09. The summed E-state index contributed by atoms with van der Waals surface area (Å²) in [5, 5.41) is 0. The summed E-state index contributed by atoms with van der Waals surface area (Å²) in [5.41, 5.74) is 0. The van der Waals surface area contributed by atoms with Crippen LogP contribution in [0.4, 0.5) is 0 Å². The van der Waals surface area contributed by atoms with Crippen molar-refractivity contribution >= 4 is 15.2 Å². The Bertz CT molecular complexity index is 148. The molecule has 1 atom stereocenters. The Hall–Kier alpha value is 0.290. The average molecular weight is 169 g/mol. The molecule has 0 saturated carbocycles. The average Bonchev–Trinajstić information content (AvgIpc) is 1.59. The molecule has 0 aliphatic heterocycles. The molecule has 0 aromatic heterocycles. The molecule has 0 aliphatic carbocycles. The van der Waals surface area contributed by atoms with Crippen molar-refractivity contribution in [3.05, 3.63) is 0 Å². The highest BCUT2D eigenvalue weighted by Gasteiger charge is 2.16. The second kappa shape index (κ2) is 3.46. The lowest BCUT2D eigenvalue weighted by Crippen LogP contribution is -1.88. The summed E-state index contributed by atoms with van der Waals surface area (Å²) >= 11 is 0. The maximum absolute atomic E-state index is 10.9. The summed E-state index contributed by atoms with van der Waals surface area (Å²) in [6.07, 6.45) is 0.540. The molecule has 0 aliphatic rings. The summed E-state index contributed by atoms with van der Waals surface area (Å²) in [7, 11) is -4.15. The lowest BCUT2D eigenvalue weighted by atomic mass is 11.0. The van der Waals surface area contributed by atoms with Gasteiger partial charge in [-0.15, -0.1) is 0 Å². The van der Waals surface area contributed by atoms with Gasteiger partial charge in [-0.3, -0.25) is 0 Å². The van der Waals surface area contributed by atoms with Gasteiger partial charge in [-0.1, -0.05) is 0 Å². The molecule has 0 fully saturated rings. The molecule has 0 aromatic rings. The zero-order chi connectivity index (χ0) is 7.49. The van der Waals surface area contributed by atoms with E-state index >= 15 is 0 Å². The van der Waals surface area contributed by atoms with E-state index in [4.69, 9.17) is 4.89 Å². The molecule has 0 amide bonds. The van der Waals surface area contributed by atoms with Crippen LogP contribution in [-0.4, -0.2) is 30.5 Å². The summed E-state index contributed by atoms with van der Waals surface area (Å²) in [5.74, 6) is 0. The highest BCUT2D eigenvalue weighted by Crippen LogP contribution is 2.37. The molecular weight excluding hydrogens is 158 g/mol. The van der Waals surface area contributed by atoms with E-state index in [2.05, 4.69) is 0 Å². The van der Waals surface area contributed by atoms with Crippen LogP contribution in [0.3, 0.4) is 0 Å². The topological polar surface area (TPSA) is 54.4 Å². The van der Waals surface area contributed by atoms with E-state index in [1.807, 2.05) is 0 Å². The molecule has 0 rings (SSSR count). The van der Waals surface area contributed by atoms with Crippen LogP contribution in [0.15, 0.2) is 0 Å². The third-order valence-electron chi connectivity index (χ3n) is 0.830. The van der Waals surface area contributed by atoms with Crippen molar-refractivity contribution in [2.24, 2.45) is 0 Å². The molecule has 0 saturated heterocycles. The minimum absolute atomic E-state index is 0.166. The van der Waals surface area contributed by atoms with Crippen molar-refractivity contribution in [1.29, 1.82) is 0 Å². The van der Waals surface area contributed by atoms with Crippen LogP contribution in [0.5, 0.6) is 0 Å². The molecule has 5 heteroatoms. The highest BCUT2D eigenvalue weighted by molar-refractivity contribution is 7.63. The standard InChI is InChI=1S/C4H10O3P2/c1-9(2,7)4-3-8(5)6/h3-4H2,1-2H3/p+1. The van der Waals surface area contributed by atoms with Crippen LogP contribution in [0.1, 0.15) is 0 Å². The van der Waals surface area contributed by atoms with Crippen LogP contribution in [0.2, 0.25) is 0 Å². The molecule has 54 valence electrons. The van der Waals surface area contributed by atoms with Crippen LogP contribution in [-0.2, 0) is 9.13 Å². The fourth-order valence-electron chi connectivity index (χ4n) is 0.326. The second-order valence-corrected chi connectivity index (χ2v) is 7.12. The van der Waals surface area contributed by atoms with Crippen molar-refractivity contribution < 1.29 is 14.0 Å². The predicted octanol–water partition coefficient (Wildman–Crippen LogP) is 1.34. The van der Waals surface area contributed by atoms with Crippen molar-refractivity contribution in [3.63, 3.8) is 0 Å². The molecule has 0 bridgehead atoms. The van der Waals surface area contributed by atoms with E-state index in [1.165, 1.54) is 0 Å². The van der Waals surface area contributed by atoms with Gasteiger partial charge in [0, 0.05) is 6.16 Å². The second-order valence-electron chi connectivity index (χ2n) is 2.37. The van der Waals surface area contributed by atoms with E-state index in [0.29, 0.717) is 6.16 Å². The smallest absolute Gasteiger partial charge is 0.324 e. The fraction of sp³-hybridized carbons (Fsp3) is 1.00. The first-order valence-corrected chi connectivity index (χ1v) is 6.78. The summed E-state index contributed by atoms with van der Waals surface area (Å²) < 4.78 is 21.0. The minimum atomic E-state index is -2.09. The summed E-state index contributed by atoms with van der Waals surface area (Å²) in [6, 6.07) is 0. The Morgan fingerprint density at radius 1 is 1.56 bits per heavy atom. The fourth-order valence-corrected chi connectivity index (χ4v) is 2.94. The molecule has 1 unspecified atom stereocenters. The first-order chi connectivity index (χ1) is 3.92. The van der Waals surface area contributed by atoms with E-state index in [1.54, 1.807) is 13.3 Å². The Morgan fingerprint density at radius 2 is 2.00 bits per heavy atom. The number of rotatable bonds is 3. The van der Waals surface area contributed by atoms with Gasteiger partial charge in [0.2, 0.25) is 0 Å². The molecule has 0 radical (unpaired) electrons. The van der Waals surface area contributed by atoms with Gasteiger partial charge in [0.05, 0.1) is 7.14 Å². The molecule has 1 N–H and O–H groups in total. The van der Waals surface area contributed by atoms with E-state index < -0.39 is 15.2 Å². The number of hydrogen-bond donors (Lipinski definition) is 1. The zero-order valence-corrected chi connectivity index (χ0v) is 7.36. The van der Waals surface area contributed by atoms with Gasteiger partial charge < -0.3 is 4.57 Å². The summed E-state index contributed by atoms with van der Waals surface area (Å²) in [6.45, 7) is 3.23. The SMILES string of the molecule is CP(C)(=O)CC[P+](=O)O. The largest absolute Gasteiger partial charge is 0.505 e. The van der Waals surface area contributed by atoms with Crippen molar-refractivity contribution in [1.82, 2.24) is 0 Å². The lowest BCUT2D eigenvalue weighted by Gasteiger charge is -1.97. The van der Waals surface area contributed by atoms with Crippen LogP contribution in [0, 0.1) is 0 Å². The van der Waals surface area contributed by atoms with Crippen LogP contribution >= 0.6 is 15.2 Å². The van der Waals surface area contributed by atoms with Crippen molar-refractivity contribution in [3.8, 4) is 0 Å². The molecule has 0 spiro atoms. The lowest BCUT2D eigenvalue weighted by molar-refractivity contribution is 0.504. The van der Waals surface area contributed by atoms with E-state index in [9.17, 15) is 9.13 Å². The maximum Gasteiger partial charge on any atom is 0.505 e. The third kappa shape index (κ3) is 8.29. The van der Waals surface area contributed by atoms with Gasteiger partial charge in [-0.2, -0.15) is 4.89 Å². The monoisotopic (exact) mass is 169 g/mol. The first kappa shape index (κ1) is 9.29. The minimum Gasteiger partial charge on any atom is -0.324 e. The predicted molar refractivity (Wildman–Crippen MR) is 39.0 cm³/mol. The quantitative estimate of drug-likeness (QED) is 0.648. The Balaban J connectivity index is 3.53. The van der Waals surface area contributed by atoms with Gasteiger partial charge in [-0.25, -0.2) is 0 Å². The molecule has 3 nitrogen and oxygen atoms in total. The Labute approximate surface area is 55.7 Å². The first-order valence-electron chi connectivity index (χ1n) is 2.59. The number of hydrogen-bond acceptors (Lipinski definition) is 2.